The fraction of sp³-hybridized carbons (Fsp3) is 0.133. The van der Waals surface area contributed by atoms with Crippen molar-refractivity contribution in [3.8, 4) is 0 Å². The summed E-state index contributed by atoms with van der Waals surface area (Å²) in [7, 11) is 0. The minimum atomic E-state index is -0.249. The molecule has 3 nitrogen and oxygen atoms in total. The van der Waals surface area contributed by atoms with Crippen molar-refractivity contribution in [2.45, 2.75) is 13.8 Å². The van der Waals surface area contributed by atoms with Gasteiger partial charge in [0.05, 0.1) is 5.69 Å². The zero-order valence-corrected chi connectivity index (χ0v) is 12.4. The summed E-state index contributed by atoms with van der Waals surface area (Å²) in [5.74, 6) is 0. The number of carbonyl (C=O) groups excluding carboxylic acids is 1. The van der Waals surface area contributed by atoms with Gasteiger partial charge in [0.1, 0.15) is 0 Å². The molecule has 0 atom stereocenters. The van der Waals surface area contributed by atoms with Crippen LogP contribution in [-0.4, -0.2) is 6.03 Å². The molecule has 0 unspecified atom stereocenters. The summed E-state index contributed by atoms with van der Waals surface area (Å²) in [6, 6.07) is 13.2. The van der Waals surface area contributed by atoms with Crippen molar-refractivity contribution in [3.63, 3.8) is 0 Å². The van der Waals surface area contributed by atoms with Gasteiger partial charge in [0, 0.05) is 10.2 Å². The molecule has 98 valence electrons. The van der Waals surface area contributed by atoms with Crippen LogP contribution in [0.1, 0.15) is 11.1 Å². The molecule has 0 aliphatic rings. The SMILES string of the molecule is Cc1ccc(C)c(NC(=O)Nc2ccccc2Br)c1. The van der Waals surface area contributed by atoms with Gasteiger partial charge in [-0.25, -0.2) is 4.79 Å². The maximum atomic E-state index is 12.0. The number of nitrogens with one attached hydrogen (secondary N) is 2. The zero-order valence-electron chi connectivity index (χ0n) is 10.8. The maximum Gasteiger partial charge on any atom is 0.323 e. The Morgan fingerprint density at radius 3 is 2.42 bits per heavy atom. The van der Waals surface area contributed by atoms with E-state index in [1.807, 2.05) is 56.3 Å². The first kappa shape index (κ1) is 13.6. The van der Waals surface area contributed by atoms with E-state index in [9.17, 15) is 4.79 Å². The highest BCUT2D eigenvalue weighted by Gasteiger charge is 2.06. The Bertz CT molecular complexity index is 611. The Kier molecular flexibility index (Phi) is 4.22. The van der Waals surface area contributed by atoms with Gasteiger partial charge in [-0.2, -0.15) is 0 Å². The minimum absolute atomic E-state index is 0.249. The van der Waals surface area contributed by atoms with Crippen molar-refractivity contribution >= 4 is 33.3 Å². The van der Waals surface area contributed by atoms with E-state index in [1.54, 1.807) is 0 Å². The van der Waals surface area contributed by atoms with Gasteiger partial charge in [0.2, 0.25) is 0 Å². The molecule has 4 heteroatoms. The Labute approximate surface area is 121 Å². The Hall–Kier alpha value is -1.81. The summed E-state index contributed by atoms with van der Waals surface area (Å²) in [4.78, 5) is 12.0. The van der Waals surface area contributed by atoms with E-state index >= 15 is 0 Å². The van der Waals surface area contributed by atoms with E-state index in [0.717, 1.165) is 27.0 Å². The third-order valence-electron chi connectivity index (χ3n) is 2.76. The van der Waals surface area contributed by atoms with E-state index in [4.69, 9.17) is 0 Å². The molecule has 0 aromatic heterocycles. The molecule has 0 fully saturated rings. The van der Waals surface area contributed by atoms with Crippen molar-refractivity contribution in [1.29, 1.82) is 0 Å². The molecule has 2 rings (SSSR count). The first-order chi connectivity index (χ1) is 9.06. The molecule has 19 heavy (non-hydrogen) atoms. The second-order valence-electron chi connectivity index (χ2n) is 4.38. The minimum Gasteiger partial charge on any atom is -0.307 e. The molecule has 0 aliphatic heterocycles. The van der Waals surface area contributed by atoms with Gasteiger partial charge < -0.3 is 10.6 Å². The molecule has 2 aromatic carbocycles. The number of hydrogen-bond acceptors (Lipinski definition) is 1. The third-order valence-corrected chi connectivity index (χ3v) is 3.45. The van der Waals surface area contributed by atoms with Crippen molar-refractivity contribution in [3.05, 3.63) is 58.1 Å². The number of hydrogen-bond donors (Lipinski definition) is 2. The lowest BCUT2D eigenvalue weighted by Gasteiger charge is -2.11. The number of para-hydroxylation sites is 1. The van der Waals surface area contributed by atoms with Crippen LogP contribution in [0.4, 0.5) is 16.2 Å². The van der Waals surface area contributed by atoms with E-state index < -0.39 is 0 Å². The number of urea groups is 1. The highest BCUT2D eigenvalue weighted by Crippen LogP contribution is 2.22. The second-order valence-corrected chi connectivity index (χ2v) is 5.23. The van der Waals surface area contributed by atoms with E-state index in [-0.39, 0.29) is 6.03 Å². The fourth-order valence-electron chi connectivity index (χ4n) is 1.71. The van der Waals surface area contributed by atoms with Gasteiger partial charge in [-0.15, -0.1) is 0 Å². The molecule has 0 saturated heterocycles. The Morgan fingerprint density at radius 2 is 1.68 bits per heavy atom. The molecule has 2 aromatic rings. The van der Waals surface area contributed by atoms with Crippen LogP contribution in [0.15, 0.2) is 46.9 Å². The van der Waals surface area contributed by atoms with Crippen LogP contribution in [-0.2, 0) is 0 Å². The van der Waals surface area contributed by atoms with Crippen LogP contribution in [0.2, 0.25) is 0 Å². The molecular formula is C15H15BrN2O. The highest BCUT2D eigenvalue weighted by atomic mass is 79.9. The van der Waals surface area contributed by atoms with Crippen LogP contribution < -0.4 is 10.6 Å². The largest absolute Gasteiger partial charge is 0.323 e. The first-order valence-electron chi connectivity index (χ1n) is 5.96. The average molecular weight is 319 g/mol. The monoisotopic (exact) mass is 318 g/mol. The van der Waals surface area contributed by atoms with Gasteiger partial charge in [-0.3, -0.25) is 0 Å². The van der Waals surface area contributed by atoms with Gasteiger partial charge in [0.15, 0.2) is 0 Å². The summed E-state index contributed by atoms with van der Waals surface area (Å²) in [5, 5.41) is 5.66. The lowest BCUT2D eigenvalue weighted by Crippen LogP contribution is -2.20. The quantitative estimate of drug-likeness (QED) is 0.827. The fourth-order valence-corrected chi connectivity index (χ4v) is 2.09. The summed E-state index contributed by atoms with van der Waals surface area (Å²) in [6.45, 7) is 3.96. The Morgan fingerprint density at radius 1 is 1.00 bits per heavy atom. The number of carbonyl (C=O) groups is 1. The summed E-state index contributed by atoms with van der Waals surface area (Å²) in [5.41, 5.74) is 3.71. The van der Waals surface area contributed by atoms with Crippen LogP contribution >= 0.6 is 15.9 Å². The standard InChI is InChI=1S/C15H15BrN2O/c1-10-7-8-11(2)14(9-10)18-15(19)17-13-6-4-3-5-12(13)16/h3-9H,1-2H3,(H2,17,18,19). The van der Waals surface area contributed by atoms with Crippen LogP contribution in [0.3, 0.4) is 0 Å². The highest BCUT2D eigenvalue weighted by molar-refractivity contribution is 9.10. The van der Waals surface area contributed by atoms with E-state index in [1.165, 1.54) is 0 Å². The molecule has 2 N–H and O–H groups in total. The lowest BCUT2D eigenvalue weighted by molar-refractivity contribution is 0.262. The summed E-state index contributed by atoms with van der Waals surface area (Å²) < 4.78 is 0.853. The third kappa shape index (κ3) is 3.58. The number of anilines is 2. The average Bonchev–Trinajstić information content (AvgIpc) is 2.37. The van der Waals surface area contributed by atoms with Crippen LogP contribution in [0, 0.1) is 13.8 Å². The number of amides is 2. The van der Waals surface area contributed by atoms with Gasteiger partial charge in [-0.05, 0) is 59.1 Å². The normalized spacial score (nSPS) is 10.1. The molecule has 0 bridgehead atoms. The van der Waals surface area contributed by atoms with Gasteiger partial charge in [-0.1, -0.05) is 24.3 Å². The molecule has 0 radical (unpaired) electrons. The summed E-state index contributed by atoms with van der Waals surface area (Å²) >= 11 is 3.39. The van der Waals surface area contributed by atoms with E-state index in [2.05, 4.69) is 26.6 Å². The lowest BCUT2D eigenvalue weighted by atomic mass is 10.1. The maximum absolute atomic E-state index is 12.0. The van der Waals surface area contributed by atoms with E-state index in [0.29, 0.717) is 0 Å². The van der Waals surface area contributed by atoms with Gasteiger partial charge in [0.25, 0.3) is 0 Å². The molecule has 0 spiro atoms. The topological polar surface area (TPSA) is 41.1 Å². The molecular weight excluding hydrogens is 304 g/mol. The van der Waals surface area contributed by atoms with Crippen LogP contribution in [0.25, 0.3) is 0 Å². The summed E-state index contributed by atoms with van der Waals surface area (Å²) in [6.07, 6.45) is 0. The number of benzene rings is 2. The smallest absolute Gasteiger partial charge is 0.307 e. The molecule has 2 amide bonds. The predicted molar refractivity (Wildman–Crippen MR) is 82.7 cm³/mol. The zero-order chi connectivity index (χ0) is 13.8. The number of halogens is 1. The van der Waals surface area contributed by atoms with Crippen molar-refractivity contribution < 1.29 is 4.79 Å². The molecule has 0 heterocycles. The molecule has 0 saturated carbocycles. The van der Waals surface area contributed by atoms with Crippen molar-refractivity contribution in [2.75, 3.05) is 10.6 Å². The van der Waals surface area contributed by atoms with Crippen molar-refractivity contribution in [1.82, 2.24) is 0 Å². The first-order valence-corrected chi connectivity index (χ1v) is 6.75. The second kappa shape index (κ2) is 5.89. The number of aryl methyl sites for hydroxylation is 2. The Balaban J connectivity index is 2.10. The predicted octanol–water partition coefficient (Wildman–Crippen LogP) is 4.71. The van der Waals surface area contributed by atoms with Crippen LogP contribution in [0.5, 0.6) is 0 Å². The number of rotatable bonds is 2. The van der Waals surface area contributed by atoms with Gasteiger partial charge >= 0.3 is 6.03 Å². The van der Waals surface area contributed by atoms with Crippen molar-refractivity contribution in [2.24, 2.45) is 0 Å². The molecule has 0 aliphatic carbocycles.